The first-order chi connectivity index (χ1) is 10.1. The van der Waals surface area contributed by atoms with Crippen molar-refractivity contribution in [2.24, 2.45) is 5.92 Å². The summed E-state index contributed by atoms with van der Waals surface area (Å²) in [4.78, 5) is 16.4. The van der Waals surface area contributed by atoms with Gasteiger partial charge in [-0.3, -0.25) is 9.89 Å². The highest BCUT2D eigenvalue weighted by atomic mass is 32.1. The van der Waals surface area contributed by atoms with E-state index in [1.165, 1.54) is 11.3 Å². The van der Waals surface area contributed by atoms with Gasteiger partial charge in [0.1, 0.15) is 0 Å². The van der Waals surface area contributed by atoms with Crippen molar-refractivity contribution in [1.29, 1.82) is 0 Å². The smallest absolute Gasteiger partial charge is 0.272 e. The normalized spacial score (nSPS) is 17.5. The van der Waals surface area contributed by atoms with Gasteiger partial charge in [-0.25, -0.2) is 4.98 Å². The lowest BCUT2D eigenvalue weighted by molar-refractivity contribution is 0.0948. The van der Waals surface area contributed by atoms with Crippen LogP contribution < -0.4 is 11.1 Å². The number of nitrogens with one attached hydrogen (secondary N) is 2. The third-order valence-corrected chi connectivity index (χ3v) is 4.57. The standard InChI is InChI=1S/C14H19N5OS/c1-8-2-3-11-10(6-8)12(19-18-11)13(20)16-5-4-9-7-21-14(15)17-9/h7-8H,2-6H2,1H3,(H2,15,17)(H,16,20)(H,18,19)/t8-/m0/s1. The Labute approximate surface area is 127 Å². The summed E-state index contributed by atoms with van der Waals surface area (Å²) in [6.07, 6.45) is 3.75. The SMILES string of the molecule is C[C@H]1CCc2[nH]nc(C(=O)NCCc3csc(N)n3)c2C1. The molecule has 2 aromatic heterocycles. The lowest BCUT2D eigenvalue weighted by Gasteiger charge is -2.17. The second kappa shape index (κ2) is 5.85. The van der Waals surface area contributed by atoms with E-state index in [1.807, 2.05) is 5.38 Å². The Hall–Kier alpha value is -1.89. The van der Waals surface area contributed by atoms with Gasteiger partial charge in [0.25, 0.3) is 5.91 Å². The number of hydrogen-bond acceptors (Lipinski definition) is 5. The van der Waals surface area contributed by atoms with Gasteiger partial charge in [-0.05, 0) is 25.2 Å². The molecule has 0 spiro atoms. The highest BCUT2D eigenvalue weighted by molar-refractivity contribution is 7.13. The number of rotatable bonds is 4. The van der Waals surface area contributed by atoms with E-state index in [-0.39, 0.29) is 5.91 Å². The van der Waals surface area contributed by atoms with Crippen LogP contribution in [0.1, 0.15) is 40.8 Å². The molecule has 0 radical (unpaired) electrons. The van der Waals surface area contributed by atoms with Crippen LogP contribution in [0.4, 0.5) is 5.13 Å². The molecular formula is C14H19N5OS. The molecule has 21 heavy (non-hydrogen) atoms. The Morgan fingerprint density at radius 1 is 1.62 bits per heavy atom. The van der Waals surface area contributed by atoms with E-state index in [1.54, 1.807) is 0 Å². The van der Waals surface area contributed by atoms with Gasteiger partial charge in [-0.2, -0.15) is 5.10 Å². The predicted octanol–water partition coefficient (Wildman–Crippen LogP) is 1.55. The molecular weight excluding hydrogens is 286 g/mol. The number of thiazole rings is 1. The van der Waals surface area contributed by atoms with Crippen LogP contribution in [0.2, 0.25) is 0 Å². The van der Waals surface area contributed by atoms with Gasteiger partial charge in [-0.15, -0.1) is 11.3 Å². The zero-order chi connectivity index (χ0) is 14.8. The van der Waals surface area contributed by atoms with E-state index in [9.17, 15) is 4.79 Å². The first kappa shape index (κ1) is 14.1. The van der Waals surface area contributed by atoms with E-state index < -0.39 is 0 Å². The maximum atomic E-state index is 12.2. The van der Waals surface area contributed by atoms with Gasteiger partial charge >= 0.3 is 0 Å². The number of nitrogens with zero attached hydrogens (tertiary/aromatic N) is 2. The van der Waals surface area contributed by atoms with Crippen molar-refractivity contribution in [3.63, 3.8) is 0 Å². The van der Waals surface area contributed by atoms with Crippen LogP contribution in [0.25, 0.3) is 0 Å². The number of carbonyl (C=O) groups excluding carboxylic acids is 1. The van der Waals surface area contributed by atoms with Crippen molar-refractivity contribution in [2.45, 2.75) is 32.6 Å². The average Bonchev–Trinajstić information content (AvgIpc) is 3.04. The highest BCUT2D eigenvalue weighted by Gasteiger charge is 2.24. The molecule has 6 nitrogen and oxygen atoms in total. The van der Waals surface area contributed by atoms with Crippen molar-refractivity contribution in [1.82, 2.24) is 20.5 Å². The fraction of sp³-hybridized carbons (Fsp3) is 0.500. The maximum Gasteiger partial charge on any atom is 0.272 e. The minimum Gasteiger partial charge on any atom is -0.375 e. The molecule has 7 heteroatoms. The molecule has 0 aliphatic heterocycles. The van der Waals surface area contributed by atoms with Gasteiger partial charge < -0.3 is 11.1 Å². The summed E-state index contributed by atoms with van der Waals surface area (Å²) < 4.78 is 0. The van der Waals surface area contributed by atoms with Crippen LogP contribution in [0.3, 0.4) is 0 Å². The molecule has 0 saturated carbocycles. The summed E-state index contributed by atoms with van der Waals surface area (Å²) in [5.74, 6) is 0.504. The van der Waals surface area contributed by atoms with Gasteiger partial charge in [0.15, 0.2) is 10.8 Å². The summed E-state index contributed by atoms with van der Waals surface area (Å²) in [5, 5.41) is 12.6. The summed E-state index contributed by atoms with van der Waals surface area (Å²) >= 11 is 1.42. The maximum absolute atomic E-state index is 12.2. The molecule has 2 heterocycles. The van der Waals surface area contributed by atoms with E-state index in [2.05, 4.69) is 27.4 Å². The predicted molar refractivity (Wildman–Crippen MR) is 82.3 cm³/mol. The molecule has 0 saturated heterocycles. The van der Waals surface area contributed by atoms with Gasteiger partial charge in [0, 0.05) is 29.6 Å². The number of anilines is 1. The molecule has 112 valence electrons. The van der Waals surface area contributed by atoms with E-state index >= 15 is 0 Å². The quantitative estimate of drug-likeness (QED) is 0.798. The molecule has 1 aliphatic carbocycles. The van der Waals surface area contributed by atoms with Crippen LogP contribution in [0.5, 0.6) is 0 Å². The van der Waals surface area contributed by atoms with Gasteiger partial charge in [0.2, 0.25) is 0 Å². The number of nitrogen functional groups attached to an aromatic ring is 1. The Morgan fingerprint density at radius 3 is 3.24 bits per heavy atom. The molecule has 1 amide bonds. The van der Waals surface area contributed by atoms with Gasteiger partial charge in [-0.1, -0.05) is 6.92 Å². The minimum atomic E-state index is -0.107. The largest absolute Gasteiger partial charge is 0.375 e. The van der Waals surface area contributed by atoms with Gasteiger partial charge in [0.05, 0.1) is 5.69 Å². The Kier molecular flexibility index (Phi) is 3.92. The zero-order valence-electron chi connectivity index (χ0n) is 12.0. The first-order valence-electron chi connectivity index (χ1n) is 7.17. The average molecular weight is 305 g/mol. The third-order valence-electron chi connectivity index (χ3n) is 3.84. The summed E-state index contributed by atoms with van der Waals surface area (Å²) in [6, 6.07) is 0. The lowest BCUT2D eigenvalue weighted by atomic mass is 9.87. The summed E-state index contributed by atoms with van der Waals surface area (Å²) in [6.45, 7) is 2.75. The van der Waals surface area contributed by atoms with Crippen LogP contribution in [-0.4, -0.2) is 27.6 Å². The molecule has 1 atom stereocenters. The molecule has 3 rings (SSSR count). The number of fused-ring (bicyclic) bond motifs is 1. The van der Waals surface area contributed by atoms with E-state index in [0.29, 0.717) is 29.7 Å². The number of amides is 1. The number of carbonyl (C=O) groups is 1. The van der Waals surface area contributed by atoms with Crippen LogP contribution in [0, 0.1) is 5.92 Å². The van der Waals surface area contributed by atoms with Crippen molar-refractivity contribution in [3.05, 3.63) is 28.0 Å². The van der Waals surface area contributed by atoms with E-state index in [4.69, 9.17) is 5.73 Å². The Morgan fingerprint density at radius 2 is 2.48 bits per heavy atom. The molecule has 0 aromatic carbocycles. The number of hydrogen-bond donors (Lipinski definition) is 3. The second-order valence-corrected chi connectivity index (χ2v) is 6.45. The minimum absolute atomic E-state index is 0.107. The van der Waals surface area contributed by atoms with Crippen molar-refractivity contribution >= 4 is 22.4 Å². The second-order valence-electron chi connectivity index (χ2n) is 5.56. The van der Waals surface area contributed by atoms with Crippen molar-refractivity contribution in [2.75, 3.05) is 12.3 Å². The zero-order valence-corrected chi connectivity index (χ0v) is 12.8. The molecule has 1 aliphatic rings. The number of H-pyrrole nitrogens is 1. The monoisotopic (exact) mass is 305 g/mol. The Bertz CT molecular complexity index is 648. The molecule has 2 aromatic rings. The molecule has 0 unspecified atom stereocenters. The number of aromatic nitrogens is 3. The number of aryl methyl sites for hydroxylation is 1. The molecule has 0 fully saturated rings. The third kappa shape index (κ3) is 3.07. The molecule has 4 N–H and O–H groups in total. The van der Waals surface area contributed by atoms with Crippen LogP contribution in [-0.2, 0) is 19.3 Å². The number of nitrogens with two attached hydrogens (primary N) is 1. The fourth-order valence-corrected chi connectivity index (χ4v) is 3.28. The lowest BCUT2D eigenvalue weighted by Crippen LogP contribution is -2.27. The fourth-order valence-electron chi connectivity index (χ4n) is 2.68. The van der Waals surface area contributed by atoms with Crippen LogP contribution >= 0.6 is 11.3 Å². The van der Waals surface area contributed by atoms with Crippen molar-refractivity contribution in [3.8, 4) is 0 Å². The molecule has 0 bridgehead atoms. The Balaban J connectivity index is 1.60. The summed E-state index contributed by atoms with van der Waals surface area (Å²) in [7, 11) is 0. The van der Waals surface area contributed by atoms with Crippen LogP contribution in [0.15, 0.2) is 5.38 Å². The van der Waals surface area contributed by atoms with Crippen molar-refractivity contribution < 1.29 is 4.79 Å². The van der Waals surface area contributed by atoms with E-state index in [0.717, 1.165) is 36.2 Å². The summed E-state index contributed by atoms with van der Waals surface area (Å²) in [5.41, 5.74) is 9.25. The topological polar surface area (TPSA) is 96.7 Å². The first-order valence-corrected chi connectivity index (χ1v) is 8.05. The highest BCUT2D eigenvalue weighted by Crippen LogP contribution is 2.26. The number of aromatic amines is 1.